The number of hydrogen-bond acceptors (Lipinski definition) is 6. The van der Waals surface area contributed by atoms with Crippen molar-refractivity contribution in [3.63, 3.8) is 0 Å². The standard InChI is InChI=1S/C39H73N2O7P/c1-6-8-10-12-14-16-18-20-22-24-26-28-30-32-38(43)40-36(35-48-49(45,46)47-34-33-41(3,4)5)39(44)37(42)31-29-27-25-23-21-19-17-15-13-11-9-7-2/h8,10,14,16,20,22,26,28,36-37,39,42,44H,6-7,9,11-13,15,17-19,21,23-25,27,29-35H2,1-5H3,(H-,40,43,45,46)/p+1/b10-8-,16-14-,22-20-,28-26-. The monoisotopic (exact) mass is 714 g/mol. The predicted molar refractivity (Wildman–Crippen MR) is 204 cm³/mol. The van der Waals surface area contributed by atoms with Gasteiger partial charge in [-0.25, -0.2) is 4.57 Å². The van der Waals surface area contributed by atoms with E-state index in [1.165, 1.54) is 57.8 Å². The lowest BCUT2D eigenvalue weighted by Gasteiger charge is -2.28. The molecule has 0 saturated carbocycles. The van der Waals surface area contributed by atoms with Gasteiger partial charge in [0.05, 0.1) is 39.9 Å². The number of carbonyl (C=O) groups is 1. The number of aliphatic hydroxyl groups excluding tert-OH is 2. The molecule has 0 rings (SSSR count). The molecule has 0 aliphatic heterocycles. The lowest BCUT2D eigenvalue weighted by atomic mass is 9.99. The average molecular weight is 714 g/mol. The molecule has 1 amide bonds. The number of rotatable bonds is 33. The molecule has 0 aliphatic rings. The molecule has 0 aromatic rings. The van der Waals surface area contributed by atoms with Crippen LogP contribution < -0.4 is 5.32 Å². The number of unbranched alkanes of at least 4 members (excludes halogenated alkanes) is 11. The number of likely N-dealkylation sites (N-methyl/N-ethyl adjacent to an activating group) is 1. The van der Waals surface area contributed by atoms with E-state index < -0.39 is 32.7 Å². The maximum Gasteiger partial charge on any atom is 0.472 e. The van der Waals surface area contributed by atoms with Gasteiger partial charge >= 0.3 is 7.82 Å². The summed E-state index contributed by atoms with van der Waals surface area (Å²) in [6.07, 6.45) is 33.3. The van der Waals surface area contributed by atoms with Gasteiger partial charge in [0.2, 0.25) is 5.91 Å². The number of allylic oxidation sites excluding steroid dienone is 8. The summed E-state index contributed by atoms with van der Waals surface area (Å²) < 4.78 is 23.3. The van der Waals surface area contributed by atoms with Crippen molar-refractivity contribution in [3.05, 3.63) is 48.6 Å². The summed E-state index contributed by atoms with van der Waals surface area (Å²) in [4.78, 5) is 23.0. The van der Waals surface area contributed by atoms with Crippen LogP contribution in [0.1, 0.15) is 136 Å². The van der Waals surface area contributed by atoms with Crippen LogP contribution >= 0.6 is 7.82 Å². The van der Waals surface area contributed by atoms with Crippen molar-refractivity contribution in [3.8, 4) is 0 Å². The molecule has 0 aromatic carbocycles. The zero-order valence-electron chi connectivity index (χ0n) is 31.8. The number of nitrogens with one attached hydrogen (secondary N) is 1. The Bertz CT molecular complexity index is 962. The molecule has 0 radical (unpaired) electrons. The molecule has 4 N–H and O–H groups in total. The molecule has 0 aliphatic carbocycles. The highest BCUT2D eigenvalue weighted by atomic mass is 31.2. The molecule has 0 bridgehead atoms. The Balaban J connectivity index is 4.76. The third-order valence-corrected chi connectivity index (χ3v) is 9.18. The topological polar surface area (TPSA) is 125 Å². The molecule has 0 fully saturated rings. The highest BCUT2D eigenvalue weighted by Crippen LogP contribution is 2.43. The number of quaternary nitrogens is 1. The maximum atomic E-state index is 12.8. The summed E-state index contributed by atoms with van der Waals surface area (Å²) in [5.74, 6) is -0.341. The zero-order valence-corrected chi connectivity index (χ0v) is 32.7. The third kappa shape index (κ3) is 32.1. The van der Waals surface area contributed by atoms with Crippen LogP contribution in [-0.2, 0) is 18.4 Å². The molecule has 9 nitrogen and oxygen atoms in total. The van der Waals surface area contributed by atoms with E-state index >= 15 is 0 Å². The minimum Gasteiger partial charge on any atom is -0.390 e. The largest absolute Gasteiger partial charge is 0.472 e. The van der Waals surface area contributed by atoms with Crippen LogP contribution in [0.3, 0.4) is 0 Å². The second kappa shape index (κ2) is 31.2. The van der Waals surface area contributed by atoms with Crippen molar-refractivity contribution in [1.29, 1.82) is 0 Å². The Morgan fingerprint density at radius 3 is 1.73 bits per heavy atom. The van der Waals surface area contributed by atoms with Crippen molar-refractivity contribution >= 4 is 13.7 Å². The van der Waals surface area contributed by atoms with Gasteiger partial charge in [0, 0.05) is 6.42 Å². The molecule has 286 valence electrons. The number of carbonyl (C=O) groups excluding carboxylic acids is 1. The van der Waals surface area contributed by atoms with Crippen molar-refractivity contribution < 1.29 is 38.0 Å². The summed E-state index contributed by atoms with van der Waals surface area (Å²) in [6, 6.07) is -1.07. The highest BCUT2D eigenvalue weighted by Gasteiger charge is 2.31. The number of hydrogen-bond donors (Lipinski definition) is 4. The van der Waals surface area contributed by atoms with E-state index in [0.29, 0.717) is 23.9 Å². The first-order valence-electron chi connectivity index (χ1n) is 19.1. The van der Waals surface area contributed by atoms with Gasteiger partial charge in [-0.05, 0) is 38.5 Å². The Morgan fingerprint density at radius 1 is 0.735 bits per heavy atom. The molecule has 0 heterocycles. The first-order chi connectivity index (χ1) is 23.4. The molecular formula is C39H74N2O7P+. The fourth-order valence-electron chi connectivity index (χ4n) is 5.09. The van der Waals surface area contributed by atoms with Gasteiger partial charge in [0.1, 0.15) is 19.3 Å². The molecular weight excluding hydrogens is 639 g/mol. The van der Waals surface area contributed by atoms with Crippen molar-refractivity contribution in [2.75, 3.05) is 40.9 Å². The van der Waals surface area contributed by atoms with Crippen LogP contribution in [0.2, 0.25) is 0 Å². The van der Waals surface area contributed by atoms with Crippen LogP contribution in [0.25, 0.3) is 0 Å². The first kappa shape index (κ1) is 47.4. The Labute approximate surface area is 300 Å². The lowest BCUT2D eigenvalue weighted by Crippen LogP contribution is -2.51. The fraction of sp³-hybridized carbons (Fsp3) is 0.769. The van der Waals surface area contributed by atoms with Crippen LogP contribution in [0, 0.1) is 0 Å². The maximum absolute atomic E-state index is 12.8. The molecule has 49 heavy (non-hydrogen) atoms. The second-order valence-electron chi connectivity index (χ2n) is 14.1. The molecule has 0 saturated heterocycles. The van der Waals surface area contributed by atoms with E-state index in [-0.39, 0.29) is 18.9 Å². The van der Waals surface area contributed by atoms with Crippen molar-refractivity contribution in [1.82, 2.24) is 5.32 Å². The minimum atomic E-state index is -4.43. The fourth-order valence-corrected chi connectivity index (χ4v) is 5.83. The summed E-state index contributed by atoms with van der Waals surface area (Å²) in [5.41, 5.74) is 0. The van der Waals surface area contributed by atoms with Gasteiger partial charge in [0.25, 0.3) is 0 Å². The summed E-state index contributed by atoms with van der Waals surface area (Å²) in [6.45, 7) is 4.39. The van der Waals surface area contributed by atoms with Crippen LogP contribution in [0.4, 0.5) is 0 Å². The Morgan fingerprint density at radius 2 is 1.22 bits per heavy atom. The molecule has 0 spiro atoms. The van der Waals surface area contributed by atoms with Gasteiger partial charge in [0.15, 0.2) is 0 Å². The second-order valence-corrected chi connectivity index (χ2v) is 15.5. The van der Waals surface area contributed by atoms with Gasteiger partial charge in [-0.2, -0.15) is 0 Å². The van der Waals surface area contributed by atoms with Gasteiger partial charge < -0.3 is 24.9 Å². The van der Waals surface area contributed by atoms with Gasteiger partial charge in [-0.3, -0.25) is 13.8 Å². The summed E-state index contributed by atoms with van der Waals surface area (Å²) in [7, 11) is 1.38. The van der Waals surface area contributed by atoms with Crippen molar-refractivity contribution in [2.24, 2.45) is 0 Å². The number of phosphoric ester groups is 1. The number of phosphoric acid groups is 1. The van der Waals surface area contributed by atoms with Crippen LogP contribution in [0.5, 0.6) is 0 Å². The quantitative estimate of drug-likeness (QED) is 0.0232. The number of aliphatic hydroxyl groups is 2. The smallest absolute Gasteiger partial charge is 0.390 e. The third-order valence-electron chi connectivity index (χ3n) is 8.20. The van der Waals surface area contributed by atoms with Gasteiger partial charge in [-0.1, -0.05) is 140 Å². The number of nitrogens with zero attached hydrogens (tertiary/aromatic N) is 1. The molecule has 4 atom stereocenters. The van der Waals surface area contributed by atoms with E-state index in [2.05, 4.69) is 55.6 Å². The van der Waals surface area contributed by atoms with Crippen LogP contribution in [0.15, 0.2) is 48.6 Å². The predicted octanol–water partition coefficient (Wildman–Crippen LogP) is 8.71. The Hall–Kier alpha value is -1.58. The van der Waals surface area contributed by atoms with Crippen LogP contribution in [-0.4, -0.2) is 84.6 Å². The van der Waals surface area contributed by atoms with E-state index in [1.807, 2.05) is 33.3 Å². The Kier molecular flexibility index (Phi) is 30.2. The van der Waals surface area contributed by atoms with Gasteiger partial charge in [-0.15, -0.1) is 0 Å². The van der Waals surface area contributed by atoms with E-state index in [1.54, 1.807) is 0 Å². The highest BCUT2D eigenvalue weighted by molar-refractivity contribution is 7.47. The minimum absolute atomic E-state index is 0.00725. The number of amides is 1. The van der Waals surface area contributed by atoms with E-state index in [4.69, 9.17) is 9.05 Å². The zero-order chi connectivity index (χ0) is 36.6. The van der Waals surface area contributed by atoms with Crippen molar-refractivity contribution in [2.45, 2.75) is 154 Å². The average Bonchev–Trinajstić information content (AvgIpc) is 3.04. The first-order valence-corrected chi connectivity index (χ1v) is 20.6. The van der Waals surface area contributed by atoms with E-state index in [0.717, 1.165) is 44.9 Å². The van der Waals surface area contributed by atoms with E-state index in [9.17, 15) is 24.5 Å². The molecule has 10 heteroatoms. The lowest BCUT2D eigenvalue weighted by molar-refractivity contribution is -0.870. The normalized spacial score (nSPS) is 15.8. The SMILES string of the molecule is CC/C=C\C/C=C\C/C=C\C/C=C\CCC(=O)NC(COP(=O)(O)OCC[N+](C)(C)C)C(O)C(O)CCCCCCCCCCCCCC. The summed E-state index contributed by atoms with van der Waals surface area (Å²) in [5, 5.41) is 24.5. The summed E-state index contributed by atoms with van der Waals surface area (Å²) >= 11 is 0. The molecule has 4 unspecified atom stereocenters. The molecule has 0 aromatic heterocycles.